The molecule has 2 aromatic rings. The lowest BCUT2D eigenvalue weighted by Gasteiger charge is -2.26. The summed E-state index contributed by atoms with van der Waals surface area (Å²) >= 11 is 0. The van der Waals surface area contributed by atoms with Crippen LogP contribution in [0.15, 0.2) is 48.5 Å². The van der Waals surface area contributed by atoms with Crippen molar-refractivity contribution < 1.29 is 33.5 Å². The average Bonchev–Trinajstić information content (AvgIpc) is 3.10. The first kappa shape index (κ1) is 29.3. The molecule has 3 rings (SSSR count). The molecular formula is C28H34N4O7. The predicted octanol–water partition coefficient (Wildman–Crippen LogP) is 3.41. The Hall–Kier alpha value is -4.25. The van der Waals surface area contributed by atoms with Crippen LogP contribution < -0.4 is 16.0 Å². The van der Waals surface area contributed by atoms with Gasteiger partial charge in [0.25, 0.3) is 11.8 Å². The molecule has 0 fully saturated rings. The summed E-state index contributed by atoms with van der Waals surface area (Å²) in [6.07, 6.45) is -0.722. The molecule has 0 bridgehead atoms. The topological polar surface area (TPSA) is 143 Å². The summed E-state index contributed by atoms with van der Waals surface area (Å²) in [6, 6.07) is 11.3. The van der Waals surface area contributed by atoms with Crippen molar-refractivity contribution in [3.05, 3.63) is 65.2 Å². The van der Waals surface area contributed by atoms with Crippen LogP contribution in [0.4, 0.5) is 10.5 Å². The number of nitrogens with zero attached hydrogens (tertiary/aromatic N) is 1. The van der Waals surface area contributed by atoms with Gasteiger partial charge in [-0.1, -0.05) is 38.1 Å². The van der Waals surface area contributed by atoms with Gasteiger partial charge in [-0.2, -0.15) is 0 Å². The maximum Gasteiger partial charge on any atom is 0.408 e. The number of imide groups is 1. The smallest absolute Gasteiger partial charge is 0.408 e. The zero-order valence-corrected chi connectivity index (χ0v) is 22.9. The summed E-state index contributed by atoms with van der Waals surface area (Å²) in [7, 11) is 0. The molecule has 3 N–H and O–H groups in total. The minimum Gasteiger partial charge on any atom is -0.444 e. The Bertz CT molecular complexity index is 1220. The number of carbonyl (C=O) groups excluding carboxylic acids is 5. The maximum absolute atomic E-state index is 12.8. The van der Waals surface area contributed by atoms with Gasteiger partial charge in [-0.05, 0) is 63.4 Å². The normalized spacial score (nSPS) is 14.5. The summed E-state index contributed by atoms with van der Waals surface area (Å²) in [5.74, 6) is -2.26. The van der Waals surface area contributed by atoms with Gasteiger partial charge in [0.2, 0.25) is 11.8 Å². The van der Waals surface area contributed by atoms with Crippen LogP contribution in [0.25, 0.3) is 0 Å². The zero-order valence-electron chi connectivity index (χ0n) is 22.9. The first-order valence-electron chi connectivity index (χ1n) is 12.6. The molecule has 1 heterocycles. The summed E-state index contributed by atoms with van der Waals surface area (Å²) in [6.45, 7) is 10.2. The van der Waals surface area contributed by atoms with E-state index >= 15 is 0 Å². The Kier molecular flexibility index (Phi) is 9.08. The zero-order chi connectivity index (χ0) is 28.9. The van der Waals surface area contributed by atoms with Gasteiger partial charge in [-0.15, -0.1) is 5.06 Å². The second-order valence-electron chi connectivity index (χ2n) is 10.5. The molecule has 0 spiro atoms. The van der Waals surface area contributed by atoms with Gasteiger partial charge in [0, 0.05) is 5.69 Å². The number of hydroxylamine groups is 2. The third kappa shape index (κ3) is 7.64. The number of anilines is 1. The highest BCUT2D eigenvalue weighted by atomic mass is 16.7. The molecule has 5 amide bonds. The number of hydrogen-bond acceptors (Lipinski definition) is 7. The molecule has 11 nitrogen and oxygen atoms in total. The van der Waals surface area contributed by atoms with E-state index in [1.54, 1.807) is 83.1 Å². The van der Waals surface area contributed by atoms with E-state index in [1.807, 2.05) is 0 Å². The van der Waals surface area contributed by atoms with E-state index in [0.717, 1.165) is 5.06 Å². The fraction of sp³-hybridized carbons (Fsp3) is 0.393. The summed E-state index contributed by atoms with van der Waals surface area (Å²) < 4.78 is 5.23. The molecule has 0 aromatic heterocycles. The third-order valence-corrected chi connectivity index (χ3v) is 5.71. The molecule has 208 valence electrons. The van der Waals surface area contributed by atoms with Crippen LogP contribution in [0.3, 0.4) is 0 Å². The Labute approximate surface area is 227 Å². The summed E-state index contributed by atoms with van der Waals surface area (Å²) in [5.41, 5.74) is 1.01. The van der Waals surface area contributed by atoms with E-state index < -0.39 is 47.4 Å². The van der Waals surface area contributed by atoms with E-state index in [4.69, 9.17) is 9.57 Å². The van der Waals surface area contributed by atoms with Crippen LogP contribution in [0.2, 0.25) is 0 Å². The van der Waals surface area contributed by atoms with Crippen LogP contribution >= 0.6 is 0 Å². The number of alkyl carbamates (subject to hydrolysis) is 1. The largest absolute Gasteiger partial charge is 0.444 e. The minimum absolute atomic E-state index is 0.0343. The van der Waals surface area contributed by atoms with Crippen molar-refractivity contribution >= 4 is 35.4 Å². The summed E-state index contributed by atoms with van der Waals surface area (Å²) in [5, 5.41) is 8.63. The van der Waals surface area contributed by atoms with Gasteiger partial charge in [0.05, 0.1) is 11.1 Å². The molecular weight excluding hydrogens is 504 g/mol. The van der Waals surface area contributed by atoms with E-state index in [9.17, 15) is 24.0 Å². The average molecular weight is 539 g/mol. The van der Waals surface area contributed by atoms with Crippen LogP contribution in [-0.2, 0) is 25.8 Å². The first-order chi connectivity index (χ1) is 18.3. The molecule has 2 aromatic carbocycles. The van der Waals surface area contributed by atoms with Gasteiger partial charge in [0.15, 0.2) is 0 Å². The lowest BCUT2D eigenvalue weighted by Crippen LogP contribution is -2.54. The molecule has 39 heavy (non-hydrogen) atoms. The van der Waals surface area contributed by atoms with Crippen LogP contribution in [0.1, 0.15) is 67.8 Å². The number of rotatable bonds is 9. The predicted molar refractivity (Wildman–Crippen MR) is 142 cm³/mol. The van der Waals surface area contributed by atoms with Crippen molar-refractivity contribution in [1.82, 2.24) is 15.7 Å². The molecule has 0 saturated heterocycles. The number of carbonyl (C=O) groups is 5. The number of ether oxygens (including phenoxy) is 1. The standard InChI is InChI=1S/C28H34N4O7/c1-16(2)22(31-27(37)39-28(4,5)6)24(34)29-17(3)23(33)30-19-13-11-18(12-14-19)15-38-32-25(35)20-9-7-8-10-21(20)26(32)36/h7-14,16-17,22H,15H2,1-6H3,(H,29,34)(H,30,33)(H,31,37)/t17-,22?/m1/s1. The Morgan fingerprint density at radius 1 is 0.846 bits per heavy atom. The SMILES string of the molecule is CC(C)C(NC(=O)OC(C)(C)C)C(=O)N[C@H](C)C(=O)Nc1ccc(CON2C(=O)c3ccccc3C2=O)cc1. The van der Waals surface area contributed by atoms with Gasteiger partial charge in [-0.25, -0.2) is 4.79 Å². The molecule has 1 aliphatic heterocycles. The van der Waals surface area contributed by atoms with Gasteiger partial charge in [0.1, 0.15) is 24.3 Å². The Morgan fingerprint density at radius 3 is 1.92 bits per heavy atom. The van der Waals surface area contributed by atoms with Crippen LogP contribution in [-0.4, -0.2) is 52.5 Å². The van der Waals surface area contributed by atoms with Gasteiger partial charge in [-0.3, -0.25) is 24.0 Å². The van der Waals surface area contributed by atoms with Gasteiger partial charge < -0.3 is 20.7 Å². The molecule has 1 aliphatic rings. The lowest BCUT2D eigenvalue weighted by molar-refractivity contribution is -0.128. The van der Waals surface area contributed by atoms with Crippen LogP contribution in [0.5, 0.6) is 0 Å². The van der Waals surface area contributed by atoms with Crippen molar-refractivity contribution in [2.45, 2.75) is 65.8 Å². The molecule has 0 aliphatic carbocycles. The van der Waals surface area contributed by atoms with E-state index in [0.29, 0.717) is 22.4 Å². The highest BCUT2D eigenvalue weighted by Crippen LogP contribution is 2.23. The van der Waals surface area contributed by atoms with E-state index in [-0.39, 0.29) is 12.5 Å². The van der Waals surface area contributed by atoms with E-state index in [2.05, 4.69) is 16.0 Å². The monoisotopic (exact) mass is 538 g/mol. The molecule has 1 unspecified atom stereocenters. The van der Waals surface area contributed by atoms with Crippen LogP contribution in [0, 0.1) is 5.92 Å². The third-order valence-electron chi connectivity index (χ3n) is 5.71. The van der Waals surface area contributed by atoms with Gasteiger partial charge >= 0.3 is 6.09 Å². The van der Waals surface area contributed by atoms with Crippen molar-refractivity contribution in [3.8, 4) is 0 Å². The van der Waals surface area contributed by atoms with Crippen molar-refractivity contribution in [2.75, 3.05) is 5.32 Å². The molecule has 11 heteroatoms. The number of fused-ring (bicyclic) bond motifs is 1. The molecule has 0 radical (unpaired) electrons. The number of nitrogens with one attached hydrogen (secondary N) is 3. The second kappa shape index (κ2) is 12.1. The highest BCUT2D eigenvalue weighted by Gasteiger charge is 2.36. The quantitative estimate of drug-likeness (QED) is 0.415. The fourth-order valence-electron chi connectivity index (χ4n) is 3.70. The Balaban J connectivity index is 1.51. The highest BCUT2D eigenvalue weighted by molar-refractivity contribution is 6.20. The second-order valence-corrected chi connectivity index (χ2v) is 10.5. The minimum atomic E-state index is -0.893. The molecule has 2 atom stereocenters. The maximum atomic E-state index is 12.8. The number of benzene rings is 2. The molecule has 0 saturated carbocycles. The van der Waals surface area contributed by atoms with Crippen molar-refractivity contribution in [2.24, 2.45) is 5.92 Å². The van der Waals surface area contributed by atoms with Crippen molar-refractivity contribution in [3.63, 3.8) is 0 Å². The number of amides is 5. The van der Waals surface area contributed by atoms with E-state index in [1.165, 1.54) is 6.92 Å². The fourth-order valence-corrected chi connectivity index (χ4v) is 3.70. The number of hydrogen-bond donors (Lipinski definition) is 3. The van der Waals surface area contributed by atoms with Crippen molar-refractivity contribution in [1.29, 1.82) is 0 Å². The first-order valence-corrected chi connectivity index (χ1v) is 12.6. The Morgan fingerprint density at radius 2 is 1.41 bits per heavy atom. The lowest BCUT2D eigenvalue weighted by atomic mass is 10.0. The summed E-state index contributed by atoms with van der Waals surface area (Å²) in [4.78, 5) is 67.8.